The van der Waals surface area contributed by atoms with E-state index in [1.807, 2.05) is 17.5 Å². The number of thiophene rings is 1. The summed E-state index contributed by atoms with van der Waals surface area (Å²) in [5.74, 6) is 2.44. The SMILES string of the molecule is C#CC(OC(=O)C1CC1)c1cccs1. The molecule has 0 aliphatic heterocycles. The molecule has 1 unspecified atom stereocenters. The van der Waals surface area contributed by atoms with E-state index in [2.05, 4.69) is 5.92 Å². The molecule has 72 valence electrons. The van der Waals surface area contributed by atoms with Gasteiger partial charge in [0.2, 0.25) is 0 Å². The van der Waals surface area contributed by atoms with Crippen LogP contribution in [0.15, 0.2) is 17.5 Å². The van der Waals surface area contributed by atoms with Crippen molar-refractivity contribution in [2.24, 2.45) is 5.92 Å². The van der Waals surface area contributed by atoms with Gasteiger partial charge in [0, 0.05) is 0 Å². The zero-order valence-corrected chi connectivity index (χ0v) is 8.42. The maximum absolute atomic E-state index is 11.4. The summed E-state index contributed by atoms with van der Waals surface area (Å²) in [7, 11) is 0. The van der Waals surface area contributed by atoms with Crippen LogP contribution in [-0.4, -0.2) is 5.97 Å². The highest BCUT2D eigenvalue weighted by Crippen LogP contribution is 2.32. The second-order valence-corrected chi connectivity index (χ2v) is 4.25. The van der Waals surface area contributed by atoms with Gasteiger partial charge in [0.05, 0.1) is 10.8 Å². The van der Waals surface area contributed by atoms with Gasteiger partial charge in [0.15, 0.2) is 6.10 Å². The molecule has 1 atom stereocenters. The van der Waals surface area contributed by atoms with Crippen LogP contribution in [0.2, 0.25) is 0 Å². The Labute approximate surface area is 86.9 Å². The normalized spacial score (nSPS) is 17.1. The van der Waals surface area contributed by atoms with E-state index in [9.17, 15) is 4.79 Å². The minimum Gasteiger partial charge on any atom is -0.443 e. The first-order chi connectivity index (χ1) is 6.81. The van der Waals surface area contributed by atoms with Crippen molar-refractivity contribution < 1.29 is 9.53 Å². The molecule has 1 fully saturated rings. The van der Waals surface area contributed by atoms with Crippen LogP contribution >= 0.6 is 11.3 Å². The molecular weight excluding hydrogens is 196 g/mol. The number of ether oxygens (including phenoxy) is 1. The van der Waals surface area contributed by atoms with Gasteiger partial charge in [-0.3, -0.25) is 4.79 Å². The lowest BCUT2D eigenvalue weighted by Crippen LogP contribution is -2.10. The molecule has 0 amide bonds. The van der Waals surface area contributed by atoms with Gasteiger partial charge in [-0.05, 0) is 24.3 Å². The zero-order chi connectivity index (χ0) is 9.97. The van der Waals surface area contributed by atoms with Gasteiger partial charge in [-0.25, -0.2) is 0 Å². The van der Waals surface area contributed by atoms with Gasteiger partial charge >= 0.3 is 5.97 Å². The van der Waals surface area contributed by atoms with Crippen molar-refractivity contribution in [3.63, 3.8) is 0 Å². The third kappa shape index (κ3) is 1.97. The van der Waals surface area contributed by atoms with E-state index >= 15 is 0 Å². The number of rotatable bonds is 3. The second kappa shape index (κ2) is 3.85. The minimum atomic E-state index is -0.497. The molecule has 0 radical (unpaired) electrons. The molecule has 0 bridgehead atoms. The Morgan fingerprint density at radius 2 is 2.50 bits per heavy atom. The maximum Gasteiger partial charge on any atom is 0.310 e. The second-order valence-electron chi connectivity index (χ2n) is 3.27. The number of carbonyl (C=O) groups excluding carboxylic acids is 1. The largest absolute Gasteiger partial charge is 0.443 e. The molecule has 1 aromatic rings. The third-order valence-electron chi connectivity index (χ3n) is 2.10. The lowest BCUT2D eigenvalue weighted by atomic mass is 10.3. The number of esters is 1. The quantitative estimate of drug-likeness (QED) is 0.560. The van der Waals surface area contributed by atoms with E-state index in [1.54, 1.807) is 0 Å². The van der Waals surface area contributed by atoms with Crippen LogP contribution < -0.4 is 0 Å². The fourth-order valence-corrected chi connectivity index (χ4v) is 1.86. The summed E-state index contributed by atoms with van der Waals surface area (Å²) in [6, 6.07) is 3.78. The van der Waals surface area contributed by atoms with Crippen LogP contribution in [0.1, 0.15) is 23.8 Å². The van der Waals surface area contributed by atoms with E-state index in [0.717, 1.165) is 17.7 Å². The van der Waals surface area contributed by atoms with Crippen LogP contribution in [0.25, 0.3) is 0 Å². The van der Waals surface area contributed by atoms with Gasteiger partial charge in [0.1, 0.15) is 0 Å². The summed E-state index contributed by atoms with van der Waals surface area (Å²) in [6.45, 7) is 0. The molecule has 1 saturated carbocycles. The molecule has 2 rings (SSSR count). The highest BCUT2D eigenvalue weighted by atomic mass is 32.1. The van der Waals surface area contributed by atoms with Crippen molar-refractivity contribution >= 4 is 17.3 Å². The molecule has 14 heavy (non-hydrogen) atoms. The number of hydrogen-bond donors (Lipinski definition) is 0. The molecule has 0 spiro atoms. The van der Waals surface area contributed by atoms with Gasteiger partial charge in [0.25, 0.3) is 0 Å². The van der Waals surface area contributed by atoms with Crippen molar-refractivity contribution in [2.45, 2.75) is 18.9 Å². The fourth-order valence-electron chi connectivity index (χ4n) is 1.15. The van der Waals surface area contributed by atoms with Crippen molar-refractivity contribution in [3.8, 4) is 12.3 Å². The topological polar surface area (TPSA) is 26.3 Å². The van der Waals surface area contributed by atoms with Gasteiger partial charge in [-0.2, -0.15) is 0 Å². The molecule has 0 aromatic carbocycles. The third-order valence-corrected chi connectivity index (χ3v) is 3.01. The molecule has 3 heteroatoms. The standard InChI is InChI=1S/C11H10O2S/c1-2-9(10-4-3-7-14-10)13-11(12)8-5-6-8/h1,3-4,7-9H,5-6H2. The predicted octanol–water partition coefficient (Wildman–Crippen LogP) is 2.38. The van der Waals surface area contributed by atoms with E-state index < -0.39 is 6.10 Å². The minimum absolute atomic E-state index is 0.103. The number of carbonyl (C=O) groups is 1. The Morgan fingerprint density at radius 3 is 3.00 bits per heavy atom. The van der Waals surface area contributed by atoms with E-state index in [4.69, 9.17) is 11.2 Å². The average Bonchev–Trinajstić information content (AvgIpc) is 2.91. The summed E-state index contributed by atoms with van der Waals surface area (Å²) < 4.78 is 5.20. The van der Waals surface area contributed by atoms with E-state index in [0.29, 0.717) is 0 Å². The first-order valence-corrected chi connectivity index (χ1v) is 5.39. The highest BCUT2D eigenvalue weighted by Gasteiger charge is 2.33. The first-order valence-electron chi connectivity index (χ1n) is 4.51. The van der Waals surface area contributed by atoms with Gasteiger partial charge < -0.3 is 4.74 Å². The Hall–Kier alpha value is -1.27. The molecule has 0 saturated heterocycles. The van der Waals surface area contributed by atoms with E-state index in [1.165, 1.54) is 11.3 Å². The van der Waals surface area contributed by atoms with Gasteiger partial charge in [-0.15, -0.1) is 17.8 Å². The van der Waals surface area contributed by atoms with Crippen molar-refractivity contribution in [3.05, 3.63) is 22.4 Å². The Bertz CT molecular complexity index is 357. The summed E-state index contributed by atoms with van der Waals surface area (Å²) in [5, 5.41) is 1.92. The predicted molar refractivity (Wildman–Crippen MR) is 54.7 cm³/mol. The monoisotopic (exact) mass is 206 g/mol. The molecule has 1 heterocycles. The Balaban J connectivity index is 2.00. The molecule has 1 aliphatic carbocycles. The molecule has 1 aliphatic rings. The lowest BCUT2D eigenvalue weighted by molar-refractivity contribution is -0.148. The molecule has 0 N–H and O–H groups in total. The van der Waals surface area contributed by atoms with Crippen LogP contribution in [0.5, 0.6) is 0 Å². The Morgan fingerprint density at radius 1 is 1.71 bits per heavy atom. The van der Waals surface area contributed by atoms with Crippen molar-refractivity contribution in [1.29, 1.82) is 0 Å². The number of terminal acetylenes is 1. The zero-order valence-electron chi connectivity index (χ0n) is 7.60. The maximum atomic E-state index is 11.4. The molecule has 2 nitrogen and oxygen atoms in total. The van der Waals surface area contributed by atoms with Crippen LogP contribution in [0.3, 0.4) is 0 Å². The van der Waals surface area contributed by atoms with Crippen LogP contribution in [-0.2, 0) is 9.53 Å². The smallest absolute Gasteiger partial charge is 0.310 e. The fraction of sp³-hybridized carbons (Fsp3) is 0.364. The lowest BCUT2D eigenvalue weighted by Gasteiger charge is -2.09. The summed E-state index contributed by atoms with van der Waals surface area (Å²) in [5.41, 5.74) is 0. The number of hydrogen-bond acceptors (Lipinski definition) is 3. The Kier molecular flexibility index (Phi) is 2.55. The first kappa shape index (κ1) is 9.29. The summed E-state index contributed by atoms with van der Waals surface area (Å²) in [4.78, 5) is 12.3. The average molecular weight is 206 g/mol. The van der Waals surface area contributed by atoms with E-state index in [-0.39, 0.29) is 11.9 Å². The summed E-state index contributed by atoms with van der Waals surface area (Å²) in [6.07, 6.45) is 6.71. The summed E-state index contributed by atoms with van der Waals surface area (Å²) >= 11 is 1.51. The molecular formula is C11H10O2S. The highest BCUT2D eigenvalue weighted by molar-refractivity contribution is 7.10. The van der Waals surface area contributed by atoms with Crippen molar-refractivity contribution in [1.82, 2.24) is 0 Å². The van der Waals surface area contributed by atoms with Crippen LogP contribution in [0, 0.1) is 18.3 Å². The van der Waals surface area contributed by atoms with Crippen LogP contribution in [0.4, 0.5) is 0 Å². The molecule has 1 aromatic heterocycles. The van der Waals surface area contributed by atoms with Crippen molar-refractivity contribution in [2.75, 3.05) is 0 Å². The van der Waals surface area contributed by atoms with Gasteiger partial charge in [-0.1, -0.05) is 12.0 Å².